The Labute approximate surface area is 155 Å². The number of rotatable bonds is 7. The first-order valence-electron chi connectivity index (χ1n) is 9.59. The average molecular weight is 395 g/mol. The predicted octanol–water partition coefficient (Wildman–Crippen LogP) is 5.87. The normalized spacial score (nSPS) is 31.1. The first kappa shape index (κ1) is 18.3. The molecule has 0 aromatic heterocycles. The van der Waals surface area contributed by atoms with Crippen LogP contribution in [-0.4, -0.2) is 17.8 Å². The zero-order valence-electron chi connectivity index (χ0n) is 15.3. The molecule has 2 nitrogen and oxygen atoms in total. The summed E-state index contributed by atoms with van der Waals surface area (Å²) in [6.45, 7) is 7.46. The Morgan fingerprint density at radius 3 is 2.38 bits per heavy atom. The molecule has 1 aromatic rings. The molecule has 0 spiro atoms. The summed E-state index contributed by atoms with van der Waals surface area (Å²) in [5.41, 5.74) is 2.39. The number of ether oxygens (including phenoxy) is 1. The van der Waals surface area contributed by atoms with Gasteiger partial charge >= 0.3 is 0 Å². The summed E-state index contributed by atoms with van der Waals surface area (Å²) >= 11 is 3.70. The van der Waals surface area contributed by atoms with Crippen LogP contribution in [0.15, 0.2) is 16.6 Å². The van der Waals surface area contributed by atoms with E-state index in [2.05, 4.69) is 48.8 Å². The van der Waals surface area contributed by atoms with Crippen LogP contribution in [0.3, 0.4) is 0 Å². The van der Waals surface area contributed by atoms with Gasteiger partial charge in [-0.2, -0.15) is 0 Å². The summed E-state index contributed by atoms with van der Waals surface area (Å²) < 4.78 is 7.10. The van der Waals surface area contributed by atoms with E-state index in [4.69, 9.17) is 4.74 Å². The van der Waals surface area contributed by atoms with Crippen molar-refractivity contribution in [1.29, 1.82) is 0 Å². The number of hydrogen-bond donors (Lipinski definition) is 1. The van der Waals surface area contributed by atoms with Crippen LogP contribution < -0.4 is 4.74 Å². The van der Waals surface area contributed by atoms with Gasteiger partial charge in [0.2, 0.25) is 0 Å². The van der Waals surface area contributed by atoms with E-state index >= 15 is 0 Å². The average Bonchev–Trinajstić information content (AvgIpc) is 2.65. The maximum absolute atomic E-state index is 11.0. The Hall–Kier alpha value is -0.540. The largest absolute Gasteiger partial charge is 0.492 e. The summed E-state index contributed by atoms with van der Waals surface area (Å²) in [6, 6.07) is 4.41. The fourth-order valence-corrected chi connectivity index (χ4v) is 5.32. The van der Waals surface area contributed by atoms with Crippen molar-refractivity contribution in [3.05, 3.63) is 27.7 Å². The fraction of sp³-hybridized carbons (Fsp3) is 0.714. The summed E-state index contributed by atoms with van der Waals surface area (Å²) in [7, 11) is 0. The highest BCUT2D eigenvalue weighted by molar-refractivity contribution is 9.10. The van der Waals surface area contributed by atoms with Crippen molar-refractivity contribution in [3.63, 3.8) is 0 Å². The number of halogens is 1. The Kier molecular flexibility index (Phi) is 5.32. The second-order valence-corrected chi connectivity index (χ2v) is 9.04. The number of aliphatic hydroxyl groups excluding tert-OH is 1. The van der Waals surface area contributed by atoms with E-state index in [1.165, 1.54) is 43.2 Å². The zero-order valence-corrected chi connectivity index (χ0v) is 16.9. The number of unbranched alkanes of at least 4 members (excludes halogenated alkanes) is 4. The monoisotopic (exact) mass is 394 g/mol. The molecule has 1 saturated carbocycles. The third kappa shape index (κ3) is 2.92. The second kappa shape index (κ2) is 6.99. The van der Waals surface area contributed by atoms with Crippen molar-refractivity contribution in [2.24, 2.45) is 0 Å². The Morgan fingerprint density at radius 1 is 1.08 bits per heavy atom. The lowest BCUT2D eigenvalue weighted by atomic mass is 9.66. The van der Waals surface area contributed by atoms with Crippen molar-refractivity contribution < 1.29 is 9.84 Å². The second-order valence-electron chi connectivity index (χ2n) is 8.18. The van der Waals surface area contributed by atoms with Gasteiger partial charge in [-0.3, -0.25) is 0 Å². The smallest absolute Gasteiger partial charge is 0.133 e. The highest BCUT2D eigenvalue weighted by Gasteiger charge is 2.57. The van der Waals surface area contributed by atoms with E-state index in [1.54, 1.807) is 0 Å². The molecule has 2 bridgehead atoms. The quantitative estimate of drug-likeness (QED) is 0.585. The minimum absolute atomic E-state index is 0.108. The van der Waals surface area contributed by atoms with Crippen molar-refractivity contribution in [3.8, 4) is 5.75 Å². The van der Waals surface area contributed by atoms with Gasteiger partial charge in [-0.1, -0.05) is 52.9 Å². The van der Waals surface area contributed by atoms with Crippen LogP contribution in [0, 0.1) is 0 Å². The van der Waals surface area contributed by atoms with E-state index in [9.17, 15) is 5.11 Å². The highest BCUT2D eigenvalue weighted by Crippen LogP contribution is 2.59. The van der Waals surface area contributed by atoms with Crippen LogP contribution in [-0.2, 0) is 10.8 Å². The van der Waals surface area contributed by atoms with Gasteiger partial charge < -0.3 is 9.84 Å². The molecule has 0 saturated heterocycles. The fourth-order valence-electron chi connectivity index (χ4n) is 4.86. The van der Waals surface area contributed by atoms with Gasteiger partial charge in [0.15, 0.2) is 0 Å². The van der Waals surface area contributed by atoms with Gasteiger partial charge in [0.1, 0.15) is 5.75 Å². The van der Waals surface area contributed by atoms with Crippen LogP contribution in [0.1, 0.15) is 83.3 Å². The Bertz CT molecular complexity index is 600. The molecule has 0 heterocycles. The summed E-state index contributed by atoms with van der Waals surface area (Å²) in [4.78, 5) is 0. The van der Waals surface area contributed by atoms with Crippen molar-refractivity contribution in [2.75, 3.05) is 6.61 Å². The standard InChI is InChI=1S/C21H31BrO2/c1-4-5-6-7-8-12-24-18-14-16-15(13-17(18)22)20(2)10-9-11-21(16,3)19(20)23/h13-14,19,23H,4-12H2,1-3H3. The number of aliphatic hydroxyl groups is 1. The topological polar surface area (TPSA) is 29.5 Å². The molecule has 3 unspecified atom stereocenters. The molecule has 2 aliphatic rings. The van der Waals surface area contributed by atoms with Crippen LogP contribution in [0.2, 0.25) is 0 Å². The van der Waals surface area contributed by atoms with Crippen molar-refractivity contribution in [1.82, 2.24) is 0 Å². The number of hydrogen-bond acceptors (Lipinski definition) is 2. The predicted molar refractivity (Wildman–Crippen MR) is 103 cm³/mol. The van der Waals surface area contributed by atoms with E-state index < -0.39 is 0 Å². The molecule has 0 amide bonds. The maximum Gasteiger partial charge on any atom is 0.133 e. The zero-order chi connectivity index (χ0) is 17.4. The molecule has 3 atom stereocenters. The van der Waals surface area contributed by atoms with Gasteiger partial charge in [0, 0.05) is 10.8 Å². The van der Waals surface area contributed by atoms with Crippen LogP contribution >= 0.6 is 15.9 Å². The third-order valence-electron chi connectivity index (χ3n) is 6.41. The van der Waals surface area contributed by atoms with Crippen molar-refractivity contribution >= 4 is 15.9 Å². The number of fused-ring (bicyclic) bond motifs is 5. The summed E-state index contributed by atoms with van der Waals surface area (Å²) in [5, 5.41) is 11.0. The Morgan fingerprint density at radius 2 is 1.71 bits per heavy atom. The van der Waals surface area contributed by atoms with Gasteiger partial charge in [0.25, 0.3) is 0 Å². The molecule has 3 heteroatoms. The molecular weight excluding hydrogens is 364 g/mol. The van der Waals surface area contributed by atoms with Crippen LogP contribution in [0.5, 0.6) is 5.75 Å². The SMILES string of the molecule is CCCCCCCOc1cc2c(cc1Br)C1(C)CCCC2(C)C1O. The molecule has 1 fully saturated rings. The van der Waals surface area contributed by atoms with E-state index in [0.29, 0.717) is 0 Å². The molecule has 1 aromatic carbocycles. The first-order valence-corrected chi connectivity index (χ1v) is 10.4. The molecule has 134 valence electrons. The lowest BCUT2D eigenvalue weighted by molar-refractivity contribution is 0.00834. The molecule has 0 radical (unpaired) electrons. The summed E-state index contributed by atoms with van der Waals surface area (Å²) in [6.07, 6.45) is 9.28. The van der Waals surface area contributed by atoms with E-state index in [-0.39, 0.29) is 16.9 Å². The third-order valence-corrected chi connectivity index (χ3v) is 7.03. The molecule has 24 heavy (non-hydrogen) atoms. The van der Waals surface area contributed by atoms with Gasteiger partial charge in [-0.05, 0) is 58.5 Å². The minimum atomic E-state index is -0.287. The van der Waals surface area contributed by atoms with E-state index in [1.807, 2.05) is 0 Å². The van der Waals surface area contributed by atoms with Crippen LogP contribution in [0.4, 0.5) is 0 Å². The maximum atomic E-state index is 11.0. The van der Waals surface area contributed by atoms with Crippen LogP contribution in [0.25, 0.3) is 0 Å². The molecule has 2 aliphatic carbocycles. The molecule has 1 N–H and O–H groups in total. The van der Waals surface area contributed by atoms with Crippen molar-refractivity contribution in [2.45, 2.75) is 89.1 Å². The number of benzene rings is 1. The van der Waals surface area contributed by atoms with E-state index in [0.717, 1.165) is 36.1 Å². The first-order chi connectivity index (χ1) is 11.4. The van der Waals surface area contributed by atoms with Gasteiger partial charge in [-0.25, -0.2) is 0 Å². The lowest BCUT2D eigenvalue weighted by Gasteiger charge is -2.41. The van der Waals surface area contributed by atoms with Gasteiger partial charge in [0.05, 0.1) is 17.2 Å². The molecule has 0 aliphatic heterocycles. The Balaban J connectivity index is 1.76. The summed E-state index contributed by atoms with van der Waals surface area (Å²) in [5.74, 6) is 0.939. The van der Waals surface area contributed by atoms with Gasteiger partial charge in [-0.15, -0.1) is 0 Å². The highest BCUT2D eigenvalue weighted by atomic mass is 79.9. The molecular formula is C21H31BrO2. The minimum Gasteiger partial charge on any atom is -0.492 e. The lowest BCUT2D eigenvalue weighted by Crippen LogP contribution is -2.46. The molecule has 3 rings (SSSR count).